The SMILES string of the molecule is C=CN1CCC(CC)(CC)C1. The zero-order valence-corrected chi connectivity index (χ0v) is 7.77. The van der Waals surface area contributed by atoms with Gasteiger partial charge < -0.3 is 4.90 Å². The molecule has 64 valence electrons. The second-order valence-corrected chi connectivity index (χ2v) is 3.61. The van der Waals surface area contributed by atoms with E-state index in [0.29, 0.717) is 5.41 Å². The molecular formula is C10H19N. The molecular weight excluding hydrogens is 134 g/mol. The number of likely N-dealkylation sites (tertiary alicyclic amines) is 1. The number of hydrogen-bond donors (Lipinski definition) is 0. The van der Waals surface area contributed by atoms with Crippen LogP contribution in [-0.2, 0) is 0 Å². The quantitative estimate of drug-likeness (QED) is 0.602. The maximum Gasteiger partial charge on any atom is 0.0229 e. The predicted octanol–water partition coefficient (Wildman–Crippen LogP) is 2.64. The Hall–Kier alpha value is -0.460. The lowest BCUT2D eigenvalue weighted by atomic mass is 9.82. The summed E-state index contributed by atoms with van der Waals surface area (Å²) in [6.45, 7) is 10.8. The summed E-state index contributed by atoms with van der Waals surface area (Å²) in [6, 6.07) is 0. The molecule has 0 saturated carbocycles. The molecule has 1 saturated heterocycles. The Kier molecular flexibility index (Phi) is 2.58. The van der Waals surface area contributed by atoms with Crippen LogP contribution in [0.1, 0.15) is 33.1 Å². The van der Waals surface area contributed by atoms with Gasteiger partial charge in [0.2, 0.25) is 0 Å². The standard InChI is InChI=1S/C10H19N/c1-4-10(5-2)7-8-11(6-3)9-10/h6H,3-5,7-9H2,1-2H3. The molecule has 0 atom stereocenters. The molecule has 1 heteroatoms. The molecule has 0 spiro atoms. The molecule has 0 aliphatic carbocycles. The average Bonchev–Trinajstić information content (AvgIpc) is 2.49. The van der Waals surface area contributed by atoms with Crippen molar-refractivity contribution in [3.8, 4) is 0 Å². The average molecular weight is 153 g/mol. The maximum atomic E-state index is 3.80. The highest BCUT2D eigenvalue weighted by Crippen LogP contribution is 2.36. The lowest BCUT2D eigenvalue weighted by Gasteiger charge is -2.25. The molecule has 0 bridgehead atoms. The number of nitrogens with zero attached hydrogens (tertiary/aromatic N) is 1. The first-order valence-corrected chi connectivity index (χ1v) is 4.63. The third kappa shape index (κ3) is 1.58. The smallest absolute Gasteiger partial charge is 0.0229 e. The van der Waals surface area contributed by atoms with Gasteiger partial charge in [0.25, 0.3) is 0 Å². The van der Waals surface area contributed by atoms with Gasteiger partial charge in [0.1, 0.15) is 0 Å². The fourth-order valence-corrected chi connectivity index (χ4v) is 1.95. The summed E-state index contributed by atoms with van der Waals surface area (Å²) in [5.41, 5.74) is 0.605. The van der Waals surface area contributed by atoms with Gasteiger partial charge >= 0.3 is 0 Å². The van der Waals surface area contributed by atoms with E-state index >= 15 is 0 Å². The zero-order valence-electron chi connectivity index (χ0n) is 7.77. The summed E-state index contributed by atoms with van der Waals surface area (Å²) in [5, 5.41) is 0. The summed E-state index contributed by atoms with van der Waals surface area (Å²) in [4.78, 5) is 2.34. The molecule has 0 amide bonds. The van der Waals surface area contributed by atoms with E-state index in [0.717, 1.165) is 0 Å². The molecule has 0 radical (unpaired) electrons. The van der Waals surface area contributed by atoms with Crippen LogP contribution >= 0.6 is 0 Å². The van der Waals surface area contributed by atoms with E-state index in [1.54, 1.807) is 0 Å². The van der Waals surface area contributed by atoms with Crippen molar-refractivity contribution in [2.45, 2.75) is 33.1 Å². The molecule has 1 rings (SSSR count). The van der Waals surface area contributed by atoms with E-state index in [4.69, 9.17) is 0 Å². The Labute approximate surface area is 70.1 Å². The van der Waals surface area contributed by atoms with Crippen molar-refractivity contribution in [1.29, 1.82) is 0 Å². The number of rotatable bonds is 3. The molecule has 1 heterocycles. The van der Waals surface area contributed by atoms with E-state index in [1.807, 2.05) is 6.20 Å². The Balaban J connectivity index is 2.54. The normalized spacial score (nSPS) is 22.2. The monoisotopic (exact) mass is 153 g/mol. The van der Waals surface area contributed by atoms with Crippen LogP contribution in [0.2, 0.25) is 0 Å². The van der Waals surface area contributed by atoms with Crippen molar-refractivity contribution in [2.75, 3.05) is 13.1 Å². The van der Waals surface area contributed by atoms with Crippen LogP contribution in [0.15, 0.2) is 12.8 Å². The molecule has 1 aliphatic rings. The van der Waals surface area contributed by atoms with Gasteiger partial charge in [-0.2, -0.15) is 0 Å². The van der Waals surface area contributed by atoms with Crippen LogP contribution in [0, 0.1) is 5.41 Å². The van der Waals surface area contributed by atoms with Crippen molar-refractivity contribution < 1.29 is 0 Å². The van der Waals surface area contributed by atoms with E-state index in [-0.39, 0.29) is 0 Å². The van der Waals surface area contributed by atoms with Crippen LogP contribution in [-0.4, -0.2) is 18.0 Å². The highest BCUT2D eigenvalue weighted by Gasteiger charge is 2.33. The molecule has 0 unspecified atom stereocenters. The van der Waals surface area contributed by atoms with Gasteiger partial charge in [-0.15, -0.1) is 0 Å². The zero-order chi connectivity index (χ0) is 8.32. The molecule has 0 aromatic rings. The minimum absolute atomic E-state index is 0.605. The Morgan fingerprint density at radius 1 is 1.45 bits per heavy atom. The second kappa shape index (κ2) is 3.29. The van der Waals surface area contributed by atoms with E-state index in [9.17, 15) is 0 Å². The third-order valence-corrected chi connectivity index (χ3v) is 3.23. The summed E-state index contributed by atoms with van der Waals surface area (Å²) >= 11 is 0. The largest absolute Gasteiger partial charge is 0.377 e. The Morgan fingerprint density at radius 2 is 2.09 bits per heavy atom. The van der Waals surface area contributed by atoms with E-state index in [2.05, 4.69) is 25.3 Å². The minimum Gasteiger partial charge on any atom is -0.377 e. The summed E-state index contributed by atoms with van der Waals surface area (Å²) in [6.07, 6.45) is 5.96. The molecule has 1 fully saturated rings. The van der Waals surface area contributed by atoms with Crippen molar-refractivity contribution in [2.24, 2.45) is 5.41 Å². The van der Waals surface area contributed by atoms with Crippen molar-refractivity contribution in [1.82, 2.24) is 4.90 Å². The van der Waals surface area contributed by atoms with Crippen LogP contribution in [0.4, 0.5) is 0 Å². The highest BCUT2D eigenvalue weighted by atomic mass is 15.1. The fourth-order valence-electron chi connectivity index (χ4n) is 1.95. The summed E-state index contributed by atoms with van der Waals surface area (Å²) in [5.74, 6) is 0. The molecule has 11 heavy (non-hydrogen) atoms. The van der Waals surface area contributed by atoms with Gasteiger partial charge in [-0.3, -0.25) is 0 Å². The van der Waals surface area contributed by atoms with Crippen LogP contribution in [0.3, 0.4) is 0 Å². The molecule has 0 N–H and O–H groups in total. The lowest BCUT2D eigenvalue weighted by Crippen LogP contribution is -2.22. The lowest BCUT2D eigenvalue weighted by molar-refractivity contribution is 0.271. The van der Waals surface area contributed by atoms with Gasteiger partial charge in [-0.05, 0) is 30.9 Å². The van der Waals surface area contributed by atoms with Crippen LogP contribution in [0.5, 0.6) is 0 Å². The molecule has 0 aromatic carbocycles. The van der Waals surface area contributed by atoms with Gasteiger partial charge in [0, 0.05) is 13.1 Å². The van der Waals surface area contributed by atoms with Gasteiger partial charge in [-0.25, -0.2) is 0 Å². The van der Waals surface area contributed by atoms with Crippen molar-refractivity contribution in [3.63, 3.8) is 0 Å². The van der Waals surface area contributed by atoms with E-state index < -0.39 is 0 Å². The first-order chi connectivity index (χ1) is 5.26. The van der Waals surface area contributed by atoms with Crippen LogP contribution in [0.25, 0.3) is 0 Å². The maximum absolute atomic E-state index is 3.80. The van der Waals surface area contributed by atoms with E-state index in [1.165, 1.54) is 32.4 Å². The number of hydrogen-bond acceptors (Lipinski definition) is 1. The third-order valence-electron chi connectivity index (χ3n) is 3.23. The first kappa shape index (κ1) is 8.63. The van der Waals surface area contributed by atoms with Gasteiger partial charge in [-0.1, -0.05) is 20.4 Å². The molecule has 1 nitrogen and oxygen atoms in total. The van der Waals surface area contributed by atoms with Gasteiger partial charge in [0.15, 0.2) is 0 Å². The second-order valence-electron chi connectivity index (χ2n) is 3.61. The first-order valence-electron chi connectivity index (χ1n) is 4.63. The van der Waals surface area contributed by atoms with Gasteiger partial charge in [0.05, 0.1) is 0 Å². The fraction of sp³-hybridized carbons (Fsp3) is 0.800. The van der Waals surface area contributed by atoms with Crippen molar-refractivity contribution in [3.05, 3.63) is 12.8 Å². The Bertz CT molecular complexity index is 136. The minimum atomic E-state index is 0.605. The van der Waals surface area contributed by atoms with Crippen molar-refractivity contribution >= 4 is 0 Å². The van der Waals surface area contributed by atoms with Crippen LogP contribution < -0.4 is 0 Å². The summed E-state index contributed by atoms with van der Waals surface area (Å²) < 4.78 is 0. The Morgan fingerprint density at radius 3 is 2.36 bits per heavy atom. The predicted molar refractivity (Wildman–Crippen MR) is 49.4 cm³/mol. The summed E-state index contributed by atoms with van der Waals surface area (Å²) in [7, 11) is 0. The molecule has 1 aliphatic heterocycles. The topological polar surface area (TPSA) is 3.24 Å². The highest BCUT2D eigenvalue weighted by molar-refractivity contribution is 4.91. The molecule has 0 aromatic heterocycles.